The molecule has 333 valence electrons. The molecule has 0 bridgehead atoms. The molecule has 0 saturated heterocycles. The fraction of sp³-hybridized carbons (Fsp3) is 0. The summed E-state index contributed by atoms with van der Waals surface area (Å²) >= 11 is 17.2. The maximum absolute atomic E-state index is 11.6. The maximum Gasteiger partial charge on any atom is 0.0831 e. The van der Waals surface area contributed by atoms with E-state index in [0.29, 0.717) is 48.8 Å². The van der Waals surface area contributed by atoms with Gasteiger partial charge < -0.3 is 48.2 Å². The zero-order chi connectivity index (χ0) is 38.4. The van der Waals surface area contributed by atoms with Crippen molar-refractivity contribution in [2.75, 3.05) is 0 Å². The molecule has 0 amide bonds. The van der Waals surface area contributed by atoms with E-state index < -0.39 is 17.7 Å². The van der Waals surface area contributed by atoms with Crippen molar-refractivity contribution < 1.29 is 104 Å². The Kier molecular flexibility index (Phi) is 43.9. The monoisotopic (exact) mass is 1020 g/mol. The van der Waals surface area contributed by atoms with E-state index >= 15 is 0 Å². The Morgan fingerprint density at radius 1 is 0.365 bits per heavy atom. The predicted octanol–water partition coefficient (Wildman–Crippen LogP) is 4.91. The number of nitrogens with zero attached hydrogens (tertiary/aromatic N) is 9. The van der Waals surface area contributed by atoms with Gasteiger partial charge in [-0.05, 0) is 89.5 Å². The van der Waals surface area contributed by atoms with Crippen LogP contribution in [-0.2, 0) is 88.5 Å². The van der Waals surface area contributed by atoms with Crippen LogP contribution in [0.1, 0.15) is 33.8 Å². The van der Waals surface area contributed by atoms with Crippen LogP contribution >= 0.6 is 34.8 Å². The molecular weight excluding hydrogens is 998 g/mol. The molecule has 0 atom stereocenters. The van der Waals surface area contributed by atoms with Gasteiger partial charge in [-0.1, -0.05) is 89.4 Å². The molecule has 24 heteroatoms. The zero-order valence-corrected chi connectivity index (χ0v) is 38.2. The predicted molar refractivity (Wildman–Crippen MR) is 214 cm³/mol. The van der Waals surface area contributed by atoms with Crippen LogP contribution < -0.4 is 15.3 Å². The Morgan fingerprint density at radius 3 is 0.778 bits per heavy atom. The summed E-state index contributed by atoms with van der Waals surface area (Å²) in [6.45, 7) is 0. The number of aromatic nitrogens is 3. The molecule has 3 heterocycles. The Balaban J connectivity index is -0.000000180. The molecule has 0 unspecified atom stereocenters. The topological polar surface area (TPSA) is 353 Å². The molecule has 18 nitrogen and oxygen atoms in total. The molecule has 0 fully saturated rings. The van der Waals surface area contributed by atoms with E-state index in [1.54, 1.807) is 128 Å². The first-order valence-corrected chi connectivity index (χ1v) is 16.8. The molecule has 0 aliphatic carbocycles. The van der Waals surface area contributed by atoms with Gasteiger partial charge in [0.25, 0.3) is 0 Å². The van der Waals surface area contributed by atoms with Crippen molar-refractivity contribution in [1.29, 1.82) is 0 Å². The summed E-state index contributed by atoms with van der Waals surface area (Å²) in [6, 6.07) is 35.6. The van der Waals surface area contributed by atoms with E-state index in [1.165, 1.54) is 18.6 Å². The van der Waals surface area contributed by atoms with Gasteiger partial charge in [0.2, 0.25) is 0 Å². The summed E-state index contributed by atoms with van der Waals surface area (Å²) in [7, 11) is 0. The molecule has 63 heavy (non-hydrogen) atoms. The molecule has 0 N–H and O–H groups in total. The van der Waals surface area contributed by atoms with Crippen molar-refractivity contribution >= 4 is 71.1 Å². The van der Waals surface area contributed by atoms with Crippen molar-refractivity contribution in [2.45, 2.75) is 0 Å². The SMILES string of the molecule is [O-2].[O-2].[O-2].[O-2].[O-2].[O-2].[O-]/C(=N\N=C\c1ccccn1)c1ccc(Cl)cc1.[O-]/C(=N\N=C\c1ccccn1)c1ccc(Cl)cc1.[O-]/C(=N\N=C\c1ccccn1)c1ccc(Cl)cc1.[V].[V].[V]. The number of hydrogen-bond acceptors (Lipinski definition) is 12. The van der Waals surface area contributed by atoms with Gasteiger partial charge in [-0.15, -0.1) is 0 Å². The quantitative estimate of drug-likeness (QED) is 0.110. The second-order valence-electron chi connectivity index (χ2n) is 10.2. The van der Waals surface area contributed by atoms with Crippen LogP contribution in [-0.4, -0.2) is 51.3 Å². The average Bonchev–Trinajstić information content (AvgIpc) is 3.20. The van der Waals surface area contributed by atoms with E-state index in [-0.39, 0.29) is 88.5 Å². The van der Waals surface area contributed by atoms with E-state index in [9.17, 15) is 15.3 Å². The molecule has 3 aromatic carbocycles. The summed E-state index contributed by atoms with van der Waals surface area (Å²) in [5.41, 5.74) is 3.26. The van der Waals surface area contributed by atoms with Gasteiger partial charge in [-0.25, -0.2) is 0 Å². The van der Waals surface area contributed by atoms with Crippen molar-refractivity contribution in [2.24, 2.45) is 30.6 Å². The fourth-order valence-corrected chi connectivity index (χ4v) is 4.11. The van der Waals surface area contributed by atoms with Gasteiger partial charge in [0.15, 0.2) is 0 Å². The Bertz CT molecular complexity index is 1990. The van der Waals surface area contributed by atoms with Crippen LogP contribution in [0.2, 0.25) is 15.1 Å². The first kappa shape index (κ1) is 69.6. The van der Waals surface area contributed by atoms with Crippen LogP contribution in [0.5, 0.6) is 0 Å². The van der Waals surface area contributed by atoms with Crippen molar-refractivity contribution in [1.82, 2.24) is 15.0 Å². The molecule has 0 aliphatic rings. The summed E-state index contributed by atoms with van der Waals surface area (Å²) in [5.74, 6) is -1.25. The number of hydrogen-bond donors (Lipinski definition) is 0. The third kappa shape index (κ3) is 27.6. The third-order valence-corrected chi connectivity index (χ3v) is 7.11. The van der Waals surface area contributed by atoms with Crippen LogP contribution in [0, 0.1) is 0 Å². The Hall–Kier alpha value is -5.09. The minimum atomic E-state index is -0.418. The minimum absolute atomic E-state index is 0. The second-order valence-corrected chi connectivity index (χ2v) is 11.5. The summed E-state index contributed by atoms with van der Waals surface area (Å²) in [4.78, 5) is 12.1. The molecule has 0 saturated carbocycles. The van der Waals surface area contributed by atoms with Gasteiger partial charge in [-0.3, -0.25) is 15.0 Å². The van der Waals surface area contributed by atoms with Gasteiger partial charge in [-0.2, -0.15) is 30.6 Å². The third-order valence-electron chi connectivity index (χ3n) is 6.35. The van der Waals surface area contributed by atoms with Crippen LogP contribution in [0.3, 0.4) is 0 Å². The first-order chi connectivity index (χ1) is 26.3. The summed E-state index contributed by atoms with van der Waals surface area (Å²) < 4.78 is 0. The van der Waals surface area contributed by atoms with Crippen molar-refractivity contribution in [3.63, 3.8) is 0 Å². The van der Waals surface area contributed by atoms with Crippen molar-refractivity contribution in [3.05, 3.63) is 195 Å². The number of benzene rings is 3. The Morgan fingerprint density at radius 2 is 0.587 bits per heavy atom. The van der Waals surface area contributed by atoms with E-state index in [1.807, 2.05) is 18.2 Å². The molecular formula is C39H27Cl3N9O9V3-15. The Labute approximate surface area is 412 Å². The largest absolute Gasteiger partial charge is 2.00 e. The fourth-order valence-electron chi connectivity index (χ4n) is 3.73. The minimum Gasteiger partial charge on any atom is -2.00 e. The van der Waals surface area contributed by atoms with E-state index in [2.05, 4.69) is 45.6 Å². The molecule has 0 spiro atoms. The van der Waals surface area contributed by atoms with Gasteiger partial charge in [0, 0.05) is 107 Å². The molecule has 6 aromatic rings. The smallest absolute Gasteiger partial charge is 0.0831 e. The number of halogens is 3. The van der Waals surface area contributed by atoms with Crippen LogP contribution in [0.15, 0.2) is 177 Å². The standard InChI is InChI=1S/3C13H10ClN3O.6O.3V/c3*14-11-6-4-10(5-7-11)13(18)17-16-9-12-3-1-2-8-15-12;;;;;;;;;/h3*1-9H,(H,17,18);;;;;;;;;/q;;;6*-2;;;/p-3/b3*16-9+;;;;;;;;;. The summed E-state index contributed by atoms with van der Waals surface area (Å²) in [5, 5.41) is 58.3. The maximum atomic E-state index is 11.6. The zero-order valence-electron chi connectivity index (χ0n) is 31.8. The van der Waals surface area contributed by atoms with Crippen LogP contribution in [0.4, 0.5) is 0 Å². The average molecular weight is 1020 g/mol. The number of pyridine rings is 3. The van der Waals surface area contributed by atoms with Crippen molar-refractivity contribution in [3.8, 4) is 0 Å². The van der Waals surface area contributed by atoms with Gasteiger partial charge in [0.05, 0.1) is 35.7 Å². The molecule has 0 aliphatic heterocycles. The van der Waals surface area contributed by atoms with Crippen LogP contribution in [0.25, 0.3) is 0 Å². The van der Waals surface area contributed by atoms with Gasteiger partial charge >= 0.3 is 0 Å². The second kappa shape index (κ2) is 39.7. The van der Waals surface area contributed by atoms with E-state index in [0.717, 1.165) is 0 Å². The normalized spacial score (nSPS) is 10.2. The van der Waals surface area contributed by atoms with Gasteiger partial charge in [0.1, 0.15) is 0 Å². The molecule has 6 rings (SSSR count). The number of rotatable bonds is 9. The molecule has 3 radical (unpaired) electrons. The first-order valence-electron chi connectivity index (χ1n) is 15.6. The summed E-state index contributed by atoms with van der Waals surface area (Å²) in [6.07, 6.45) is 9.20. The van der Waals surface area contributed by atoms with E-state index in [4.69, 9.17) is 34.8 Å². The molecule has 3 aromatic heterocycles.